The van der Waals surface area contributed by atoms with Gasteiger partial charge in [0.1, 0.15) is 24.4 Å². The first-order valence-electron chi connectivity index (χ1n) is 12.0. The molecule has 0 radical (unpaired) electrons. The summed E-state index contributed by atoms with van der Waals surface area (Å²) in [5.74, 6) is -0.421. The molecule has 0 aliphatic carbocycles. The molecule has 0 spiro atoms. The Bertz CT molecular complexity index is 822. The van der Waals surface area contributed by atoms with E-state index in [1.54, 1.807) is 19.2 Å². The molecule has 190 valence electrons. The average Bonchev–Trinajstić information content (AvgIpc) is 3.39. The molecule has 2 aliphatic heterocycles. The van der Waals surface area contributed by atoms with Gasteiger partial charge in [-0.2, -0.15) is 0 Å². The van der Waals surface area contributed by atoms with Crippen LogP contribution in [0, 0.1) is 5.92 Å². The molecule has 1 unspecified atom stereocenters. The summed E-state index contributed by atoms with van der Waals surface area (Å²) < 4.78 is 17.4. The molecule has 10 heteroatoms. The molecular formula is C24H38N4O6. The Morgan fingerprint density at radius 3 is 2.68 bits per heavy atom. The minimum absolute atomic E-state index is 0.0798. The highest BCUT2D eigenvalue weighted by Gasteiger charge is 2.47. The number of hydrogen-bond donors (Lipinski definition) is 5. The lowest BCUT2D eigenvalue weighted by atomic mass is 10.0. The van der Waals surface area contributed by atoms with Crippen molar-refractivity contribution in [1.82, 2.24) is 10.6 Å². The second-order valence-electron chi connectivity index (χ2n) is 9.13. The van der Waals surface area contributed by atoms with Crippen LogP contribution in [-0.2, 0) is 23.8 Å². The lowest BCUT2D eigenvalue weighted by molar-refractivity contribution is -0.128. The number of rotatable bonds is 12. The minimum atomic E-state index is -0.682. The number of benzene rings is 1. The number of unbranched alkanes of at least 4 members (excludes halogenated alkanes) is 1. The SMILES string of the molecule is CN[C@H](C(=O)N[C@@H](CCCCN)C(=O)Nc1cccc(C2O[C@H]3[C@H](CO[C@@H]3CO)O2)c1)C(C)C. The highest BCUT2D eigenvalue weighted by molar-refractivity contribution is 5.97. The van der Waals surface area contributed by atoms with E-state index in [0.717, 1.165) is 18.4 Å². The zero-order chi connectivity index (χ0) is 24.7. The summed E-state index contributed by atoms with van der Waals surface area (Å²) in [6.07, 6.45) is 0.424. The molecule has 10 nitrogen and oxygen atoms in total. The van der Waals surface area contributed by atoms with Crippen LogP contribution in [0.5, 0.6) is 0 Å². The van der Waals surface area contributed by atoms with E-state index in [0.29, 0.717) is 25.3 Å². The Balaban J connectivity index is 1.66. The molecule has 2 aliphatic rings. The third-order valence-corrected chi connectivity index (χ3v) is 6.23. The summed E-state index contributed by atoms with van der Waals surface area (Å²) in [7, 11) is 1.73. The van der Waals surface area contributed by atoms with Gasteiger partial charge in [0.05, 0.1) is 19.3 Å². The predicted octanol–water partition coefficient (Wildman–Crippen LogP) is 0.657. The second-order valence-corrected chi connectivity index (χ2v) is 9.13. The fourth-order valence-corrected chi connectivity index (χ4v) is 4.37. The van der Waals surface area contributed by atoms with E-state index in [1.165, 1.54) is 0 Å². The molecule has 1 aromatic carbocycles. The van der Waals surface area contributed by atoms with Crippen LogP contribution in [0.3, 0.4) is 0 Å². The van der Waals surface area contributed by atoms with Crippen LogP contribution in [0.15, 0.2) is 24.3 Å². The fourth-order valence-electron chi connectivity index (χ4n) is 4.37. The number of nitrogens with two attached hydrogens (primary N) is 1. The maximum atomic E-state index is 13.1. The van der Waals surface area contributed by atoms with E-state index in [2.05, 4.69) is 16.0 Å². The Kier molecular flexibility index (Phi) is 9.81. The molecule has 2 fully saturated rings. The monoisotopic (exact) mass is 478 g/mol. The Morgan fingerprint density at radius 2 is 2.00 bits per heavy atom. The van der Waals surface area contributed by atoms with Crippen LogP contribution in [0.2, 0.25) is 0 Å². The van der Waals surface area contributed by atoms with Crippen LogP contribution >= 0.6 is 0 Å². The number of anilines is 1. The quantitative estimate of drug-likeness (QED) is 0.276. The van der Waals surface area contributed by atoms with Gasteiger partial charge in [-0.15, -0.1) is 0 Å². The van der Waals surface area contributed by atoms with Crippen molar-refractivity contribution in [2.45, 2.75) is 69.8 Å². The largest absolute Gasteiger partial charge is 0.394 e. The molecule has 3 rings (SSSR count). The van der Waals surface area contributed by atoms with Crippen molar-refractivity contribution in [1.29, 1.82) is 0 Å². The number of carbonyl (C=O) groups excluding carboxylic acids is 2. The predicted molar refractivity (Wildman–Crippen MR) is 127 cm³/mol. The Morgan fingerprint density at radius 1 is 1.21 bits per heavy atom. The summed E-state index contributed by atoms with van der Waals surface area (Å²) >= 11 is 0. The average molecular weight is 479 g/mol. The van der Waals surface area contributed by atoms with E-state index in [1.807, 2.05) is 26.0 Å². The van der Waals surface area contributed by atoms with Crippen LogP contribution in [0.4, 0.5) is 5.69 Å². The van der Waals surface area contributed by atoms with E-state index in [9.17, 15) is 14.7 Å². The smallest absolute Gasteiger partial charge is 0.246 e. The van der Waals surface area contributed by atoms with Gasteiger partial charge in [0.25, 0.3) is 0 Å². The van der Waals surface area contributed by atoms with Crippen LogP contribution in [-0.4, -0.2) is 74.1 Å². The number of hydrogen-bond acceptors (Lipinski definition) is 8. The molecule has 0 bridgehead atoms. The Labute approximate surface area is 200 Å². The van der Waals surface area contributed by atoms with Crippen LogP contribution < -0.4 is 21.7 Å². The van der Waals surface area contributed by atoms with Crippen molar-refractivity contribution in [2.75, 3.05) is 32.1 Å². The summed E-state index contributed by atoms with van der Waals surface area (Å²) in [6, 6.07) is 6.16. The first-order valence-corrected chi connectivity index (χ1v) is 12.0. The molecule has 2 saturated heterocycles. The molecule has 34 heavy (non-hydrogen) atoms. The summed E-state index contributed by atoms with van der Waals surface area (Å²) in [5.41, 5.74) is 6.94. The van der Waals surface area contributed by atoms with Crippen molar-refractivity contribution in [3.63, 3.8) is 0 Å². The third-order valence-electron chi connectivity index (χ3n) is 6.23. The number of carbonyl (C=O) groups is 2. The van der Waals surface area contributed by atoms with Crippen molar-refractivity contribution in [3.05, 3.63) is 29.8 Å². The van der Waals surface area contributed by atoms with Gasteiger partial charge in [0.15, 0.2) is 6.29 Å². The first-order chi connectivity index (χ1) is 16.4. The minimum Gasteiger partial charge on any atom is -0.394 e. The van der Waals surface area contributed by atoms with Gasteiger partial charge in [0.2, 0.25) is 11.8 Å². The maximum absolute atomic E-state index is 13.1. The molecule has 0 saturated carbocycles. The van der Waals surface area contributed by atoms with E-state index >= 15 is 0 Å². The summed E-state index contributed by atoms with van der Waals surface area (Å²) in [4.78, 5) is 25.9. The van der Waals surface area contributed by atoms with Crippen LogP contribution in [0.1, 0.15) is 45.0 Å². The molecule has 6 N–H and O–H groups in total. The molecule has 0 aromatic heterocycles. The van der Waals surface area contributed by atoms with Gasteiger partial charge in [-0.25, -0.2) is 0 Å². The zero-order valence-electron chi connectivity index (χ0n) is 20.2. The summed E-state index contributed by atoms with van der Waals surface area (Å²) in [5, 5.41) is 18.3. The fraction of sp³-hybridized carbons (Fsp3) is 0.667. The molecule has 1 aromatic rings. The number of nitrogens with one attached hydrogen (secondary N) is 3. The number of aliphatic hydroxyl groups is 1. The number of likely N-dealkylation sites (N-methyl/N-ethyl adjacent to an activating group) is 1. The van der Waals surface area contributed by atoms with Gasteiger partial charge in [-0.05, 0) is 50.9 Å². The lowest BCUT2D eigenvalue weighted by Crippen LogP contribution is -2.52. The van der Waals surface area contributed by atoms with Crippen LogP contribution in [0.25, 0.3) is 0 Å². The van der Waals surface area contributed by atoms with Crippen molar-refractivity contribution >= 4 is 17.5 Å². The maximum Gasteiger partial charge on any atom is 0.246 e. The molecule has 2 amide bonds. The lowest BCUT2D eigenvalue weighted by Gasteiger charge is -2.24. The number of fused-ring (bicyclic) bond motifs is 1. The van der Waals surface area contributed by atoms with Gasteiger partial charge in [-0.3, -0.25) is 9.59 Å². The number of ether oxygens (including phenoxy) is 3. The number of aliphatic hydroxyl groups excluding tert-OH is 1. The van der Waals surface area contributed by atoms with Gasteiger partial charge >= 0.3 is 0 Å². The molecule has 2 heterocycles. The molecular weight excluding hydrogens is 440 g/mol. The van der Waals surface area contributed by atoms with Crippen molar-refractivity contribution in [2.24, 2.45) is 11.7 Å². The summed E-state index contributed by atoms with van der Waals surface area (Å²) in [6.45, 7) is 4.67. The van der Waals surface area contributed by atoms with Gasteiger partial charge in [-0.1, -0.05) is 26.0 Å². The first kappa shape index (κ1) is 26.5. The Hall–Kier alpha value is -2.08. The molecule has 6 atom stereocenters. The van der Waals surface area contributed by atoms with E-state index < -0.39 is 24.5 Å². The van der Waals surface area contributed by atoms with Gasteiger partial charge in [0, 0.05) is 11.3 Å². The van der Waals surface area contributed by atoms with E-state index in [4.69, 9.17) is 19.9 Å². The normalized spacial score (nSPS) is 25.7. The highest BCUT2D eigenvalue weighted by Crippen LogP contribution is 2.37. The van der Waals surface area contributed by atoms with E-state index in [-0.39, 0.29) is 36.5 Å². The number of amides is 2. The van der Waals surface area contributed by atoms with Gasteiger partial charge < -0.3 is 41.0 Å². The highest BCUT2D eigenvalue weighted by atomic mass is 16.8. The second kappa shape index (κ2) is 12.6. The standard InChI is InChI=1S/C24H38N4O6/c1-14(2)20(26-3)23(31)28-17(9-4-5-10-25)22(30)27-16-8-6-7-15(11-16)24-33-19-13-32-18(12-29)21(19)34-24/h6-8,11,14,17-21,24,26,29H,4-5,9-10,12-13,25H2,1-3H3,(H,27,30)(H,28,31)/t17-,18+,19-,20-,21+,24?/m0/s1. The van der Waals surface area contributed by atoms with Crippen molar-refractivity contribution < 1.29 is 28.9 Å². The topological polar surface area (TPSA) is 144 Å². The van der Waals surface area contributed by atoms with Crippen molar-refractivity contribution in [3.8, 4) is 0 Å². The zero-order valence-corrected chi connectivity index (χ0v) is 20.2. The third kappa shape index (κ3) is 6.53.